The zero-order valence-corrected chi connectivity index (χ0v) is 14.4. The Kier molecular flexibility index (Phi) is 4.63. The number of ether oxygens (including phenoxy) is 1. The number of fused-ring (bicyclic) bond motifs is 1. The number of nitrogens with zero attached hydrogens (tertiary/aromatic N) is 1. The molecule has 4 heteroatoms. The molecule has 0 bridgehead atoms. The quantitative estimate of drug-likeness (QED) is 0.828. The lowest BCUT2D eigenvalue weighted by atomic mass is 9.92. The van der Waals surface area contributed by atoms with E-state index in [1.165, 1.54) is 31.2 Å². The van der Waals surface area contributed by atoms with Crippen LogP contribution in [0.25, 0.3) is 0 Å². The highest BCUT2D eigenvalue weighted by Crippen LogP contribution is 2.36. The maximum absolute atomic E-state index is 13.1. The van der Waals surface area contributed by atoms with Crippen LogP contribution in [0.3, 0.4) is 0 Å². The summed E-state index contributed by atoms with van der Waals surface area (Å²) < 4.78 is 5.50. The third-order valence-electron chi connectivity index (χ3n) is 5.53. The Balaban J connectivity index is 1.54. The summed E-state index contributed by atoms with van der Waals surface area (Å²) in [6, 6.07) is 8.74. The Morgan fingerprint density at radius 2 is 2.13 bits per heavy atom. The fraction of sp³-hybridized carbons (Fsp3) is 0.632. The van der Waals surface area contributed by atoms with Gasteiger partial charge in [0, 0.05) is 41.7 Å². The molecule has 2 aliphatic heterocycles. The van der Waals surface area contributed by atoms with Crippen molar-refractivity contribution in [2.45, 2.75) is 49.3 Å². The van der Waals surface area contributed by atoms with Crippen LogP contribution >= 0.6 is 11.8 Å². The minimum atomic E-state index is 0.239. The van der Waals surface area contributed by atoms with Gasteiger partial charge in [0.15, 0.2) is 0 Å². The molecule has 1 aromatic rings. The lowest BCUT2D eigenvalue weighted by Gasteiger charge is -2.43. The van der Waals surface area contributed by atoms with Crippen LogP contribution in [0, 0.1) is 0 Å². The van der Waals surface area contributed by atoms with Crippen molar-refractivity contribution in [1.29, 1.82) is 0 Å². The first-order valence-electron chi connectivity index (χ1n) is 8.93. The topological polar surface area (TPSA) is 29.5 Å². The lowest BCUT2D eigenvalue weighted by molar-refractivity contribution is 0.0646. The van der Waals surface area contributed by atoms with Crippen molar-refractivity contribution in [3.05, 3.63) is 35.4 Å². The molecule has 1 aromatic carbocycles. The van der Waals surface area contributed by atoms with E-state index in [0.29, 0.717) is 17.2 Å². The molecule has 0 spiro atoms. The maximum atomic E-state index is 13.1. The van der Waals surface area contributed by atoms with Crippen LogP contribution in [0.4, 0.5) is 0 Å². The molecule has 3 fully saturated rings. The summed E-state index contributed by atoms with van der Waals surface area (Å²) in [7, 11) is 0. The van der Waals surface area contributed by atoms with Gasteiger partial charge in [-0.25, -0.2) is 0 Å². The molecule has 3 atom stereocenters. The number of carbonyl (C=O) groups excluding carboxylic acids is 1. The summed E-state index contributed by atoms with van der Waals surface area (Å²) in [5.74, 6) is 1.79. The first kappa shape index (κ1) is 15.5. The number of benzene rings is 1. The Hall–Kier alpha value is -1.000. The molecule has 1 amide bonds. The predicted octanol–water partition coefficient (Wildman–Crippen LogP) is 3.69. The molecule has 0 unspecified atom stereocenters. The normalized spacial score (nSPS) is 31.0. The van der Waals surface area contributed by atoms with Crippen molar-refractivity contribution in [2.75, 3.05) is 25.5 Å². The van der Waals surface area contributed by atoms with Crippen LogP contribution in [0.15, 0.2) is 24.3 Å². The second kappa shape index (κ2) is 6.86. The van der Waals surface area contributed by atoms with Crippen LogP contribution in [0.2, 0.25) is 0 Å². The molecule has 0 radical (unpaired) electrons. The van der Waals surface area contributed by atoms with Gasteiger partial charge in [-0.05, 0) is 37.0 Å². The third-order valence-corrected chi connectivity index (χ3v) is 6.92. The highest BCUT2D eigenvalue weighted by Gasteiger charge is 2.36. The Labute approximate surface area is 142 Å². The lowest BCUT2D eigenvalue weighted by Crippen LogP contribution is -2.51. The van der Waals surface area contributed by atoms with Crippen molar-refractivity contribution in [3.63, 3.8) is 0 Å². The SMILES string of the molecule is O=C(c1cccc([C@@H]2CCOC2)c1)N1CCS[C@@H]2CCCC[C@@H]21. The second-order valence-electron chi connectivity index (χ2n) is 6.95. The molecule has 3 aliphatic rings. The smallest absolute Gasteiger partial charge is 0.254 e. The summed E-state index contributed by atoms with van der Waals surface area (Å²) in [4.78, 5) is 15.3. The van der Waals surface area contributed by atoms with Gasteiger partial charge in [-0.1, -0.05) is 25.0 Å². The average Bonchev–Trinajstić information content (AvgIpc) is 3.15. The van der Waals surface area contributed by atoms with Gasteiger partial charge in [0.2, 0.25) is 0 Å². The molecule has 124 valence electrons. The maximum Gasteiger partial charge on any atom is 0.254 e. The fourth-order valence-corrected chi connectivity index (χ4v) is 5.68. The molecule has 2 saturated heterocycles. The van der Waals surface area contributed by atoms with Gasteiger partial charge in [0.05, 0.1) is 6.61 Å². The Morgan fingerprint density at radius 3 is 3.00 bits per heavy atom. The summed E-state index contributed by atoms with van der Waals surface area (Å²) in [5.41, 5.74) is 2.13. The standard InChI is InChI=1S/C19H25NO2S/c21-19(20-9-11-23-18-7-2-1-6-17(18)20)15-5-3-4-14(12-15)16-8-10-22-13-16/h3-5,12,16-18H,1-2,6-11,13H2/t16-,17+,18-/m1/s1. The molecule has 3 nitrogen and oxygen atoms in total. The molecule has 0 aromatic heterocycles. The van der Waals surface area contributed by atoms with Crippen LogP contribution in [0.1, 0.15) is 53.9 Å². The van der Waals surface area contributed by atoms with Gasteiger partial charge in [-0.15, -0.1) is 0 Å². The number of hydrogen-bond donors (Lipinski definition) is 0. The van der Waals surface area contributed by atoms with Crippen LogP contribution in [-0.2, 0) is 4.74 Å². The molecule has 4 rings (SSSR count). The van der Waals surface area contributed by atoms with E-state index in [2.05, 4.69) is 28.8 Å². The minimum Gasteiger partial charge on any atom is -0.381 e. The first-order chi connectivity index (χ1) is 11.3. The summed E-state index contributed by atoms with van der Waals surface area (Å²) in [5, 5.41) is 0.660. The molecule has 1 saturated carbocycles. The highest BCUT2D eigenvalue weighted by atomic mass is 32.2. The molecule has 0 N–H and O–H groups in total. The second-order valence-corrected chi connectivity index (χ2v) is 8.29. The zero-order chi connectivity index (χ0) is 15.6. The summed E-state index contributed by atoms with van der Waals surface area (Å²) in [6.07, 6.45) is 6.12. The number of carbonyl (C=O) groups is 1. The van der Waals surface area contributed by atoms with E-state index in [-0.39, 0.29) is 5.91 Å². The van der Waals surface area contributed by atoms with Crippen LogP contribution < -0.4 is 0 Å². The van der Waals surface area contributed by atoms with E-state index in [1.807, 2.05) is 12.1 Å². The minimum absolute atomic E-state index is 0.239. The number of thioether (sulfide) groups is 1. The van der Waals surface area contributed by atoms with E-state index in [9.17, 15) is 4.79 Å². The number of rotatable bonds is 2. The summed E-state index contributed by atoms with van der Waals surface area (Å²) >= 11 is 2.08. The number of amides is 1. The van der Waals surface area contributed by atoms with Gasteiger partial charge in [-0.2, -0.15) is 11.8 Å². The van der Waals surface area contributed by atoms with E-state index >= 15 is 0 Å². The third kappa shape index (κ3) is 3.16. The van der Waals surface area contributed by atoms with Gasteiger partial charge in [0.1, 0.15) is 0 Å². The largest absolute Gasteiger partial charge is 0.381 e. The van der Waals surface area contributed by atoms with Crippen molar-refractivity contribution in [1.82, 2.24) is 4.90 Å². The predicted molar refractivity (Wildman–Crippen MR) is 94.2 cm³/mol. The molecular formula is C19H25NO2S. The summed E-state index contributed by atoms with van der Waals surface area (Å²) in [6.45, 7) is 2.54. The van der Waals surface area contributed by atoms with Crippen LogP contribution in [-0.4, -0.2) is 47.6 Å². The monoisotopic (exact) mass is 331 g/mol. The molecule has 1 aliphatic carbocycles. The van der Waals surface area contributed by atoms with Crippen molar-refractivity contribution >= 4 is 17.7 Å². The van der Waals surface area contributed by atoms with Crippen molar-refractivity contribution < 1.29 is 9.53 Å². The van der Waals surface area contributed by atoms with Crippen LogP contribution in [0.5, 0.6) is 0 Å². The average molecular weight is 331 g/mol. The molecule has 2 heterocycles. The van der Waals surface area contributed by atoms with Gasteiger partial charge in [0.25, 0.3) is 5.91 Å². The van der Waals surface area contributed by atoms with Gasteiger partial charge >= 0.3 is 0 Å². The van der Waals surface area contributed by atoms with E-state index < -0.39 is 0 Å². The van der Waals surface area contributed by atoms with Crippen molar-refractivity contribution in [2.24, 2.45) is 0 Å². The van der Waals surface area contributed by atoms with E-state index in [1.54, 1.807) is 0 Å². The Bertz CT molecular complexity index is 568. The zero-order valence-electron chi connectivity index (χ0n) is 13.6. The number of hydrogen-bond acceptors (Lipinski definition) is 3. The fourth-order valence-electron chi connectivity index (χ4n) is 4.24. The molecular weight excluding hydrogens is 306 g/mol. The molecule has 23 heavy (non-hydrogen) atoms. The van der Waals surface area contributed by atoms with E-state index in [0.717, 1.165) is 37.5 Å². The van der Waals surface area contributed by atoms with E-state index in [4.69, 9.17) is 4.74 Å². The highest BCUT2D eigenvalue weighted by molar-refractivity contribution is 8.00. The van der Waals surface area contributed by atoms with Gasteiger partial charge in [-0.3, -0.25) is 4.79 Å². The van der Waals surface area contributed by atoms with Crippen molar-refractivity contribution in [3.8, 4) is 0 Å². The van der Waals surface area contributed by atoms with Gasteiger partial charge < -0.3 is 9.64 Å². The first-order valence-corrected chi connectivity index (χ1v) is 9.98. The Morgan fingerprint density at radius 1 is 1.22 bits per heavy atom.